The van der Waals surface area contributed by atoms with E-state index in [1.54, 1.807) is 7.11 Å². The van der Waals surface area contributed by atoms with E-state index < -0.39 is 6.10 Å². The van der Waals surface area contributed by atoms with Gasteiger partial charge in [0.15, 0.2) is 6.10 Å². The zero-order valence-electron chi connectivity index (χ0n) is 14.9. The molecule has 0 saturated heterocycles. The van der Waals surface area contributed by atoms with Crippen LogP contribution in [-0.2, 0) is 4.79 Å². The Morgan fingerprint density at radius 2 is 1.74 bits per heavy atom. The molecule has 0 bridgehead atoms. The maximum Gasteiger partial charge on any atom is 0.261 e. The van der Waals surface area contributed by atoms with Gasteiger partial charge >= 0.3 is 0 Å². The van der Waals surface area contributed by atoms with Gasteiger partial charge in [0.1, 0.15) is 11.5 Å². The lowest BCUT2D eigenvalue weighted by atomic mass is 9.99. The molecule has 1 N–H and O–H groups in total. The lowest BCUT2D eigenvalue weighted by Crippen LogP contribution is -2.40. The van der Waals surface area contributed by atoms with E-state index in [1.165, 1.54) is 19.3 Å². The average molecular weight is 321 g/mol. The van der Waals surface area contributed by atoms with Crippen molar-refractivity contribution in [3.8, 4) is 11.5 Å². The van der Waals surface area contributed by atoms with Crippen molar-refractivity contribution in [2.45, 2.75) is 59.0 Å². The highest BCUT2D eigenvalue weighted by atomic mass is 16.5. The van der Waals surface area contributed by atoms with E-state index in [-0.39, 0.29) is 5.91 Å². The maximum atomic E-state index is 12.3. The van der Waals surface area contributed by atoms with Crippen molar-refractivity contribution in [3.05, 3.63) is 24.3 Å². The van der Waals surface area contributed by atoms with Crippen LogP contribution in [0.2, 0.25) is 0 Å². The van der Waals surface area contributed by atoms with E-state index in [4.69, 9.17) is 9.47 Å². The monoisotopic (exact) mass is 321 g/mol. The predicted molar refractivity (Wildman–Crippen MR) is 94.0 cm³/mol. The summed E-state index contributed by atoms with van der Waals surface area (Å²) in [7, 11) is 1.63. The molecule has 130 valence electrons. The minimum absolute atomic E-state index is 0.0294. The summed E-state index contributed by atoms with van der Waals surface area (Å²) in [6.07, 6.45) is 4.87. The lowest BCUT2D eigenvalue weighted by molar-refractivity contribution is -0.128. The van der Waals surface area contributed by atoms with Crippen LogP contribution in [-0.4, -0.2) is 25.7 Å². The summed E-state index contributed by atoms with van der Waals surface area (Å²) in [5, 5.41) is 3.05. The molecule has 4 nitrogen and oxygen atoms in total. The zero-order valence-corrected chi connectivity index (χ0v) is 14.9. The summed E-state index contributed by atoms with van der Waals surface area (Å²) < 4.78 is 10.9. The van der Waals surface area contributed by atoms with E-state index in [9.17, 15) is 4.79 Å². The fourth-order valence-corrected chi connectivity index (χ4v) is 2.44. The first-order valence-electron chi connectivity index (χ1n) is 8.72. The second kappa shape index (κ2) is 10.9. The number of hydrogen-bond donors (Lipinski definition) is 1. The fraction of sp³-hybridized carbons (Fsp3) is 0.632. The molecule has 0 aliphatic carbocycles. The second-order valence-corrected chi connectivity index (χ2v) is 5.85. The topological polar surface area (TPSA) is 47.6 Å². The van der Waals surface area contributed by atoms with Gasteiger partial charge in [-0.3, -0.25) is 4.79 Å². The largest absolute Gasteiger partial charge is 0.497 e. The third-order valence-electron chi connectivity index (χ3n) is 4.11. The minimum Gasteiger partial charge on any atom is -0.497 e. The van der Waals surface area contributed by atoms with Crippen LogP contribution in [0.3, 0.4) is 0 Å². The van der Waals surface area contributed by atoms with Gasteiger partial charge < -0.3 is 14.8 Å². The molecule has 4 heteroatoms. The quantitative estimate of drug-likeness (QED) is 0.665. The van der Waals surface area contributed by atoms with Gasteiger partial charge in [-0.2, -0.15) is 0 Å². The Kier molecular flexibility index (Phi) is 9.18. The summed E-state index contributed by atoms with van der Waals surface area (Å²) in [5.74, 6) is 1.98. The van der Waals surface area contributed by atoms with E-state index in [0.29, 0.717) is 18.1 Å². The highest BCUT2D eigenvalue weighted by Crippen LogP contribution is 2.19. The van der Waals surface area contributed by atoms with Crippen LogP contribution in [0.4, 0.5) is 0 Å². The summed E-state index contributed by atoms with van der Waals surface area (Å²) >= 11 is 0. The predicted octanol–water partition coefficient (Wildman–Crippen LogP) is 4.19. The molecule has 0 spiro atoms. The number of nitrogens with one attached hydrogen (secondary N) is 1. The van der Waals surface area contributed by atoms with Crippen LogP contribution in [0.5, 0.6) is 11.5 Å². The molecule has 0 aliphatic heterocycles. The van der Waals surface area contributed by atoms with Crippen molar-refractivity contribution in [3.63, 3.8) is 0 Å². The molecular weight excluding hydrogens is 290 g/mol. The Hall–Kier alpha value is -1.71. The summed E-state index contributed by atoms with van der Waals surface area (Å²) in [5.41, 5.74) is 0. The number of ether oxygens (including phenoxy) is 2. The zero-order chi connectivity index (χ0) is 17.1. The summed E-state index contributed by atoms with van der Waals surface area (Å²) in [6, 6.07) is 7.31. The number of carbonyl (C=O) groups excluding carboxylic acids is 1. The van der Waals surface area contributed by atoms with Crippen molar-refractivity contribution in [2.75, 3.05) is 13.7 Å². The normalized spacial score (nSPS) is 13.2. The molecular formula is C19H31NO3. The molecule has 0 saturated carbocycles. The smallest absolute Gasteiger partial charge is 0.261 e. The number of rotatable bonds is 11. The number of carbonyl (C=O) groups is 1. The minimum atomic E-state index is -0.452. The van der Waals surface area contributed by atoms with Crippen molar-refractivity contribution in [1.82, 2.24) is 5.32 Å². The molecule has 0 fully saturated rings. The van der Waals surface area contributed by atoms with Crippen LogP contribution < -0.4 is 14.8 Å². The van der Waals surface area contributed by atoms with Gasteiger partial charge in [-0.1, -0.05) is 40.0 Å². The van der Waals surface area contributed by atoms with Gasteiger partial charge in [-0.25, -0.2) is 0 Å². The Labute approximate surface area is 140 Å². The van der Waals surface area contributed by atoms with Crippen LogP contribution in [0.25, 0.3) is 0 Å². The molecule has 1 aromatic carbocycles. The van der Waals surface area contributed by atoms with Crippen molar-refractivity contribution < 1.29 is 14.3 Å². The van der Waals surface area contributed by atoms with E-state index >= 15 is 0 Å². The van der Waals surface area contributed by atoms with Gasteiger partial charge in [0.2, 0.25) is 0 Å². The average Bonchev–Trinajstić information content (AvgIpc) is 2.60. The summed E-state index contributed by atoms with van der Waals surface area (Å²) in [4.78, 5) is 12.3. The molecule has 0 aromatic heterocycles. The van der Waals surface area contributed by atoms with Crippen LogP contribution in [0, 0.1) is 5.92 Å². The van der Waals surface area contributed by atoms with Crippen LogP contribution in [0.15, 0.2) is 24.3 Å². The first kappa shape index (κ1) is 19.3. The van der Waals surface area contributed by atoms with Crippen molar-refractivity contribution >= 4 is 5.91 Å². The third-order valence-corrected chi connectivity index (χ3v) is 4.11. The molecule has 2 atom stereocenters. The number of methoxy groups -OCH3 is 1. The van der Waals surface area contributed by atoms with Crippen LogP contribution >= 0.6 is 0 Å². The van der Waals surface area contributed by atoms with Gasteiger partial charge in [0.05, 0.1) is 7.11 Å². The highest BCUT2D eigenvalue weighted by molar-refractivity contribution is 5.81. The second-order valence-electron chi connectivity index (χ2n) is 5.85. The first-order chi connectivity index (χ1) is 11.1. The maximum absolute atomic E-state index is 12.3. The molecule has 0 heterocycles. The molecule has 0 aliphatic rings. The fourth-order valence-electron chi connectivity index (χ4n) is 2.44. The Morgan fingerprint density at radius 1 is 1.09 bits per heavy atom. The molecule has 1 rings (SSSR count). The van der Waals surface area contributed by atoms with E-state index in [1.807, 2.05) is 31.2 Å². The first-order valence-corrected chi connectivity index (χ1v) is 8.72. The van der Waals surface area contributed by atoms with Crippen molar-refractivity contribution in [2.24, 2.45) is 5.92 Å². The number of unbranched alkanes of at least 4 members (excludes halogenated alkanes) is 1. The van der Waals surface area contributed by atoms with E-state index in [2.05, 4.69) is 19.2 Å². The lowest BCUT2D eigenvalue weighted by Gasteiger charge is -2.20. The SMILES string of the molecule is CCCC[C@@H](CC)CNC(=O)[C@H](CC)Oc1ccc(OC)cc1. The molecule has 0 unspecified atom stereocenters. The third kappa shape index (κ3) is 6.93. The van der Waals surface area contributed by atoms with E-state index in [0.717, 1.165) is 18.7 Å². The summed E-state index contributed by atoms with van der Waals surface area (Å²) in [6.45, 7) is 7.07. The van der Waals surface area contributed by atoms with Gasteiger partial charge in [-0.15, -0.1) is 0 Å². The molecule has 0 radical (unpaired) electrons. The number of benzene rings is 1. The van der Waals surface area contributed by atoms with Crippen molar-refractivity contribution in [1.29, 1.82) is 0 Å². The Balaban J connectivity index is 2.50. The van der Waals surface area contributed by atoms with Gasteiger partial charge in [-0.05, 0) is 43.0 Å². The number of hydrogen-bond acceptors (Lipinski definition) is 3. The molecule has 1 amide bonds. The number of amides is 1. The standard InChI is InChI=1S/C19H31NO3/c1-5-8-9-15(6-2)14-20-19(21)18(7-3)23-17-12-10-16(22-4)11-13-17/h10-13,15,18H,5-9,14H2,1-4H3,(H,20,21)/t15-,18+/m1/s1. The molecule has 23 heavy (non-hydrogen) atoms. The Morgan fingerprint density at radius 3 is 2.26 bits per heavy atom. The van der Waals surface area contributed by atoms with Gasteiger partial charge in [0.25, 0.3) is 5.91 Å². The Bertz CT molecular complexity index is 444. The highest BCUT2D eigenvalue weighted by Gasteiger charge is 2.19. The molecule has 1 aromatic rings. The van der Waals surface area contributed by atoms with Crippen LogP contribution in [0.1, 0.15) is 52.9 Å². The van der Waals surface area contributed by atoms with Gasteiger partial charge in [0, 0.05) is 6.54 Å².